The number of aromatic nitrogens is 1. The summed E-state index contributed by atoms with van der Waals surface area (Å²) in [6, 6.07) is 3.71. The minimum atomic E-state index is 0.103. The SMILES string of the molecule is C#CCCCn1cccc1C(C)=O. The third-order valence-electron chi connectivity index (χ3n) is 1.91. The number of nitrogens with zero attached hydrogens (tertiary/aromatic N) is 1. The van der Waals surface area contributed by atoms with Gasteiger partial charge in [0, 0.05) is 26.1 Å². The van der Waals surface area contributed by atoms with E-state index in [-0.39, 0.29) is 5.78 Å². The Labute approximate surface area is 78.6 Å². The van der Waals surface area contributed by atoms with Gasteiger partial charge in [-0.25, -0.2) is 0 Å². The molecule has 1 heterocycles. The maximum absolute atomic E-state index is 11.1. The van der Waals surface area contributed by atoms with Crippen LogP contribution in [0.25, 0.3) is 0 Å². The van der Waals surface area contributed by atoms with Gasteiger partial charge in [0.15, 0.2) is 5.78 Å². The number of aryl methyl sites for hydroxylation is 1. The number of carbonyl (C=O) groups excluding carboxylic acids is 1. The number of Topliss-reactive ketones (excluding diaryl/α,β-unsaturated/α-hetero) is 1. The summed E-state index contributed by atoms with van der Waals surface area (Å²) in [4.78, 5) is 11.1. The van der Waals surface area contributed by atoms with Gasteiger partial charge in [-0.3, -0.25) is 4.79 Å². The highest BCUT2D eigenvalue weighted by molar-refractivity contribution is 5.92. The molecule has 1 rings (SSSR count). The highest BCUT2D eigenvalue weighted by Gasteiger charge is 2.03. The molecule has 0 atom stereocenters. The predicted molar refractivity (Wildman–Crippen MR) is 52.5 cm³/mol. The lowest BCUT2D eigenvalue weighted by Crippen LogP contribution is -2.05. The van der Waals surface area contributed by atoms with Gasteiger partial charge in [0.1, 0.15) is 0 Å². The molecule has 1 aromatic rings. The Morgan fingerprint density at radius 2 is 2.46 bits per heavy atom. The molecule has 2 nitrogen and oxygen atoms in total. The highest BCUT2D eigenvalue weighted by atomic mass is 16.1. The number of hydrogen-bond acceptors (Lipinski definition) is 1. The zero-order valence-corrected chi connectivity index (χ0v) is 7.79. The van der Waals surface area contributed by atoms with E-state index in [1.54, 1.807) is 6.92 Å². The first-order chi connectivity index (χ1) is 6.25. The van der Waals surface area contributed by atoms with Crippen molar-refractivity contribution < 1.29 is 4.79 Å². The van der Waals surface area contributed by atoms with Gasteiger partial charge in [-0.05, 0) is 18.6 Å². The number of ketones is 1. The number of hydrogen-bond donors (Lipinski definition) is 0. The zero-order valence-electron chi connectivity index (χ0n) is 7.79. The average Bonchev–Trinajstić information content (AvgIpc) is 2.53. The molecule has 0 radical (unpaired) electrons. The third-order valence-corrected chi connectivity index (χ3v) is 1.91. The van der Waals surface area contributed by atoms with Crippen LogP contribution in [0.15, 0.2) is 18.3 Å². The first-order valence-electron chi connectivity index (χ1n) is 4.35. The van der Waals surface area contributed by atoms with E-state index in [4.69, 9.17) is 6.42 Å². The van der Waals surface area contributed by atoms with E-state index in [9.17, 15) is 4.79 Å². The molecule has 2 heteroatoms. The summed E-state index contributed by atoms with van der Waals surface area (Å²) in [5.41, 5.74) is 0.761. The van der Waals surface area contributed by atoms with Crippen LogP contribution in [0.2, 0.25) is 0 Å². The molecule has 0 saturated carbocycles. The molecular weight excluding hydrogens is 162 g/mol. The molecule has 0 aliphatic heterocycles. The van der Waals surface area contributed by atoms with Crippen molar-refractivity contribution in [1.82, 2.24) is 4.57 Å². The Balaban J connectivity index is 2.61. The number of carbonyl (C=O) groups is 1. The number of unbranched alkanes of at least 4 members (excludes halogenated alkanes) is 1. The van der Waals surface area contributed by atoms with E-state index < -0.39 is 0 Å². The monoisotopic (exact) mass is 175 g/mol. The number of rotatable bonds is 4. The van der Waals surface area contributed by atoms with Gasteiger partial charge in [-0.15, -0.1) is 12.3 Å². The zero-order chi connectivity index (χ0) is 9.68. The van der Waals surface area contributed by atoms with Crippen molar-refractivity contribution in [3.8, 4) is 12.3 Å². The molecule has 0 fully saturated rings. The normalized spacial score (nSPS) is 9.54. The summed E-state index contributed by atoms with van der Waals surface area (Å²) in [5.74, 6) is 2.68. The minimum Gasteiger partial charge on any atom is -0.345 e. The van der Waals surface area contributed by atoms with Gasteiger partial charge in [0.2, 0.25) is 0 Å². The largest absolute Gasteiger partial charge is 0.345 e. The molecule has 0 amide bonds. The first kappa shape index (κ1) is 9.60. The first-order valence-corrected chi connectivity index (χ1v) is 4.35. The summed E-state index contributed by atoms with van der Waals surface area (Å²) < 4.78 is 1.94. The fourth-order valence-corrected chi connectivity index (χ4v) is 1.28. The Hall–Kier alpha value is -1.49. The maximum Gasteiger partial charge on any atom is 0.176 e. The van der Waals surface area contributed by atoms with E-state index in [2.05, 4.69) is 5.92 Å². The summed E-state index contributed by atoms with van der Waals surface area (Å²) >= 11 is 0. The highest BCUT2D eigenvalue weighted by Crippen LogP contribution is 2.05. The average molecular weight is 175 g/mol. The molecule has 1 aromatic heterocycles. The topological polar surface area (TPSA) is 22.0 Å². The molecule has 0 aliphatic rings. The fraction of sp³-hybridized carbons (Fsp3) is 0.364. The van der Waals surface area contributed by atoms with Crippen LogP contribution in [0.1, 0.15) is 30.3 Å². The molecule has 0 aromatic carbocycles. The molecule has 68 valence electrons. The molecule has 13 heavy (non-hydrogen) atoms. The second kappa shape index (κ2) is 4.51. The van der Waals surface area contributed by atoms with Gasteiger partial charge < -0.3 is 4.57 Å². The van der Waals surface area contributed by atoms with E-state index in [1.165, 1.54) is 0 Å². The van der Waals surface area contributed by atoms with E-state index >= 15 is 0 Å². The fourth-order valence-electron chi connectivity index (χ4n) is 1.28. The predicted octanol–water partition coefficient (Wildman–Crippen LogP) is 2.10. The third kappa shape index (κ3) is 2.48. The lowest BCUT2D eigenvalue weighted by Gasteiger charge is -2.04. The summed E-state index contributed by atoms with van der Waals surface area (Å²) in [6.07, 6.45) is 8.73. The van der Waals surface area contributed by atoms with Gasteiger partial charge in [0.05, 0.1) is 5.69 Å². The van der Waals surface area contributed by atoms with Gasteiger partial charge in [-0.1, -0.05) is 0 Å². The molecule has 0 unspecified atom stereocenters. The van der Waals surface area contributed by atoms with Crippen LogP contribution in [0.4, 0.5) is 0 Å². The van der Waals surface area contributed by atoms with Crippen LogP contribution in [0.3, 0.4) is 0 Å². The Morgan fingerprint density at radius 3 is 3.08 bits per heavy atom. The van der Waals surface area contributed by atoms with E-state index in [0.717, 1.165) is 25.1 Å². The smallest absolute Gasteiger partial charge is 0.176 e. The van der Waals surface area contributed by atoms with Gasteiger partial charge in [0.25, 0.3) is 0 Å². The summed E-state index contributed by atoms with van der Waals surface area (Å²) in [5, 5.41) is 0. The molecule has 0 saturated heterocycles. The lowest BCUT2D eigenvalue weighted by molar-refractivity contribution is 0.100. The summed E-state index contributed by atoms with van der Waals surface area (Å²) in [7, 11) is 0. The van der Waals surface area contributed by atoms with Crippen LogP contribution in [0.5, 0.6) is 0 Å². The maximum atomic E-state index is 11.1. The van der Waals surface area contributed by atoms with Crippen molar-refractivity contribution in [1.29, 1.82) is 0 Å². The lowest BCUT2D eigenvalue weighted by atomic mass is 10.3. The van der Waals surface area contributed by atoms with Crippen LogP contribution in [0, 0.1) is 12.3 Å². The van der Waals surface area contributed by atoms with Crippen molar-refractivity contribution in [3.63, 3.8) is 0 Å². The second-order valence-corrected chi connectivity index (χ2v) is 2.95. The van der Waals surface area contributed by atoms with Crippen molar-refractivity contribution >= 4 is 5.78 Å². The van der Waals surface area contributed by atoms with Gasteiger partial charge >= 0.3 is 0 Å². The second-order valence-electron chi connectivity index (χ2n) is 2.95. The van der Waals surface area contributed by atoms with E-state index in [1.807, 2.05) is 22.9 Å². The molecule has 0 bridgehead atoms. The Kier molecular flexibility index (Phi) is 3.33. The van der Waals surface area contributed by atoms with Crippen molar-refractivity contribution in [3.05, 3.63) is 24.0 Å². The van der Waals surface area contributed by atoms with E-state index in [0.29, 0.717) is 0 Å². The van der Waals surface area contributed by atoms with Crippen molar-refractivity contribution in [2.75, 3.05) is 0 Å². The van der Waals surface area contributed by atoms with Crippen LogP contribution in [-0.4, -0.2) is 10.4 Å². The Morgan fingerprint density at radius 1 is 1.69 bits per heavy atom. The van der Waals surface area contributed by atoms with Crippen LogP contribution < -0.4 is 0 Å². The Bertz CT molecular complexity index is 330. The molecule has 0 N–H and O–H groups in total. The van der Waals surface area contributed by atoms with Crippen LogP contribution in [-0.2, 0) is 6.54 Å². The number of terminal acetylenes is 1. The van der Waals surface area contributed by atoms with Crippen molar-refractivity contribution in [2.45, 2.75) is 26.3 Å². The molecule has 0 aliphatic carbocycles. The van der Waals surface area contributed by atoms with Crippen LogP contribution >= 0.6 is 0 Å². The quantitative estimate of drug-likeness (QED) is 0.390. The summed E-state index contributed by atoms with van der Waals surface area (Å²) in [6.45, 7) is 2.40. The standard InChI is InChI=1S/C11H13NO/c1-3-4-5-8-12-9-6-7-11(12)10(2)13/h1,6-7,9H,4-5,8H2,2H3. The van der Waals surface area contributed by atoms with Gasteiger partial charge in [-0.2, -0.15) is 0 Å². The molecular formula is C11H13NO. The van der Waals surface area contributed by atoms with Crippen molar-refractivity contribution in [2.24, 2.45) is 0 Å². The molecule has 0 spiro atoms. The minimum absolute atomic E-state index is 0.103.